The minimum absolute atomic E-state index is 0.0816. The second-order valence-corrected chi connectivity index (χ2v) is 4.32. The van der Waals surface area contributed by atoms with Crippen molar-refractivity contribution in [2.45, 2.75) is 24.2 Å². The van der Waals surface area contributed by atoms with Crippen LogP contribution in [-0.2, 0) is 16.6 Å². The summed E-state index contributed by atoms with van der Waals surface area (Å²) >= 11 is 5.06. The number of hydrogen-bond acceptors (Lipinski definition) is 1. The number of rotatable bonds is 1. The lowest BCUT2D eigenvalue weighted by atomic mass is 9.92. The predicted molar refractivity (Wildman–Crippen MR) is 58.5 cm³/mol. The molecule has 0 aliphatic rings. The van der Waals surface area contributed by atoms with E-state index in [1.165, 1.54) is 0 Å². The van der Waals surface area contributed by atoms with Gasteiger partial charge in [0.05, 0.1) is 5.56 Å². The Hall–Kier alpha value is -1.52. The van der Waals surface area contributed by atoms with E-state index in [4.69, 9.17) is 16.4 Å². The molecular formula is C11H5ClF10O. The lowest BCUT2D eigenvalue weighted by molar-refractivity contribution is -0.348. The molecule has 23 heavy (non-hydrogen) atoms. The zero-order valence-electron chi connectivity index (χ0n) is 10.5. The molecule has 0 saturated heterocycles. The van der Waals surface area contributed by atoms with Gasteiger partial charge >= 0.3 is 24.2 Å². The molecule has 132 valence electrons. The van der Waals surface area contributed by atoms with Gasteiger partial charge in [-0.1, -0.05) is 11.6 Å². The Morgan fingerprint density at radius 2 is 1.04 bits per heavy atom. The van der Waals surface area contributed by atoms with Gasteiger partial charge in [0.25, 0.3) is 0 Å². The van der Waals surface area contributed by atoms with Crippen LogP contribution < -0.4 is 0 Å². The Labute approximate surface area is 126 Å². The van der Waals surface area contributed by atoms with Crippen LogP contribution in [0.25, 0.3) is 0 Å². The summed E-state index contributed by atoms with van der Waals surface area (Å²) in [5.41, 5.74) is -10.2. The highest BCUT2D eigenvalue weighted by Crippen LogP contribution is 2.54. The molecule has 0 fully saturated rings. The highest BCUT2D eigenvalue weighted by atomic mass is 35.5. The van der Waals surface area contributed by atoms with Gasteiger partial charge in [-0.15, -0.1) is 0 Å². The highest BCUT2D eigenvalue weighted by Gasteiger charge is 2.73. The first-order valence-corrected chi connectivity index (χ1v) is 5.48. The molecule has 12 heteroatoms. The smallest absolute Gasteiger partial charge is 0.307 e. The van der Waals surface area contributed by atoms with E-state index >= 15 is 0 Å². The Kier molecular flexibility index (Phi) is 6.10. The summed E-state index contributed by atoms with van der Waals surface area (Å²) in [4.78, 5) is 8.00. The first-order valence-electron chi connectivity index (χ1n) is 5.10. The van der Waals surface area contributed by atoms with Gasteiger partial charge in [0.15, 0.2) is 0 Å². The lowest BCUT2D eigenvalue weighted by Gasteiger charge is -2.30. The third-order valence-electron chi connectivity index (χ3n) is 2.40. The zero-order valence-corrected chi connectivity index (χ0v) is 11.3. The maximum absolute atomic E-state index is 13.6. The lowest BCUT2D eigenvalue weighted by Crippen LogP contribution is -2.50. The van der Waals surface area contributed by atoms with E-state index < -0.39 is 46.4 Å². The number of carbonyl (C=O) groups excluding carboxylic acids is 1. The molecule has 0 aliphatic carbocycles. The average Bonchev–Trinajstić information content (AvgIpc) is 2.35. The van der Waals surface area contributed by atoms with Gasteiger partial charge < -0.3 is 4.79 Å². The molecule has 1 aromatic carbocycles. The molecule has 1 nitrogen and oxygen atoms in total. The van der Waals surface area contributed by atoms with Crippen molar-refractivity contribution in [2.75, 3.05) is 0 Å². The number of benzene rings is 1. The summed E-state index contributed by atoms with van der Waals surface area (Å²) in [7, 11) is 0. The van der Waals surface area contributed by atoms with E-state index in [1.54, 1.807) is 0 Å². The van der Waals surface area contributed by atoms with Crippen LogP contribution in [0.3, 0.4) is 0 Å². The first-order chi connectivity index (χ1) is 10.1. The van der Waals surface area contributed by atoms with Crippen molar-refractivity contribution in [3.63, 3.8) is 0 Å². The standard InChI is InChI=1S/C10H3ClF10.CH2O/c11-6-2-4(1-5(3-6)8(13,14)15)7(12,9(16,17)18)10(19,20)21;1-2/h1-3H;1H2. The monoisotopic (exact) mass is 378 g/mol. The second kappa shape index (κ2) is 6.54. The molecule has 0 unspecified atom stereocenters. The summed E-state index contributed by atoms with van der Waals surface area (Å²) in [6.45, 7) is 2.00. The van der Waals surface area contributed by atoms with Crippen molar-refractivity contribution >= 4 is 18.4 Å². The van der Waals surface area contributed by atoms with Crippen LogP contribution in [0, 0.1) is 0 Å². The predicted octanol–water partition coefficient (Wildman–Crippen LogP) is 5.46. The molecule has 0 aromatic heterocycles. The molecular weight excluding hydrogens is 374 g/mol. The fourth-order valence-electron chi connectivity index (χ4n) is 1.44. The molecule has 0 bridgehead atoms. The van der Waals surface area contributed by atoms with Crippen molar-refractivity contribution in [1.29, 1.82) is 0 Å². The van der Waals surface area contributed by atoms with Crippen molar-refractivity contribution in [1.82, 2.24) is 0 Å². The third kappa shape index (κ3) is 4.27. The van der Waals surface area contributed by atoms with Crippen LogP contribution in [-0.4, -0.2) is 19.1 Å². The summed E-state index contributed by atoms with van der Waals surface area (Å²) < 4.78 is 125. The minimum Gasteiger partial charge on any atom is -0.307 e. The van der Waals surface area contributed by atoms with Crippen LogP contribution in [0.15, 0.2) is 18.2 Å². The van der Waals surface area contributed by atoms with Gasteiger partial charge in [-0.3, -0.25) is 0 Å². The number of carbonyl (C=O) groups is 1. The van der Waals surface area contributed by atoms with Crippen molar-refractivity contribution < 1.29 is 48.7 Å². The maximum Gasteiger partial charge on any atom is 0.435 e. The fourth-order valence-corrected chi connectivity index (χ4v) is 1.68. The van der Waals surface area contributed by atoms with E-state index in [0.717, 1.165) is 0 Å². The fraction of sp³-hybridized carbons (Fsp3) is 0.364. The summed E-state index contributed by atoms with van der Waals surface area (Å²) in [5, 5.41) is -1.12. The van der Waals surface area contributed by atoms with E-state index in [2.05, 4.69) is 0 Å². The Morgan fingerprint density at radius 3 is 1.35 bits per heavy atom. The Balaban J connectivity index is 0.00000232. The molecule has 0 spiro atoms. The van der Waals surface area contributed by atoms with Gasteiger partial charge in [-0.05, 0) is 18.2 Å². The van der Waals surface area contributed by atoms with E-state index in [9.17, 15) is 43.9 Å². The quantitative estimate of drug-likeness (QED) is 0.593. The van der Waals surface area contributed by atoms with Crippen LogP contribution in [0.2, 0.25) is 5.02 Å². The van der Waals surface area contributed by atoms with Gasteiger partial charge in [0.2, 0.25) is 0 Å². The topological polar surface area (TPSA) is 17.1 Å². The minimum atomic E-state index is -6.52. The summed E-state index contributed by atoms with van der Waals surface area (Å²) in [6.07, 6.45) is -18.3. The molecule has 0 radical (unpaired) electrons. The number of alkyl halides is 10. The summed E-state index contributed by atoms with van der Waals surface area (Å²) in [5.74, 6) is 0. The van der Waals surface area contributed by atoms with E-state index in [1.807, 2.05) is 6.79 Å². The average molecular weight is 379 g/mol. The highest BCUT2D eigenvalue weighted by molar-refractivity contribution is 6.30. The van der Waals surface area contributed by atoms with Crippen molar-refractivity contribution in [2.24, 2.45) is 0 Å². The van der Waals surface area contributed by atoms with Gasteiger partial charge in [0.1, 0.15) is 6.79 Å². The van der Waals surface area contributed by atoms with Crippen LogP contribution in [0.5, 0.6) is 0 Å². The van der Waals surface area contributed by atoms with Crippen LogP contribution in [0.1, 0.15) is 11.1 Å². The number of hydrogen-bond donors (Lipinski definition) is 0. The van der Waals surface area contributed by atoms with Crippen molar-refractivity contribution in [3.8, 4) is 0 Å². The zero-order chi connectivity index (χ0) is 18.9. The molecule has 0 heterocycles. The number of halogens is 11. The van der Waals surface area contributed by atoms with Crippen LogP contribution in [0.4, 0.5) is 43.9 Å². The third-order valence-corrected chi connectivity index (χ3v) is 2.62. The normalized spacial score (nSPS) is 13.3. The first kappa shape index (κ1) is 21.5. The molecule has 0 aliphatic heterocycles. The molecule has 0 saturated carbocycles. The largest absolute Gasteiger partial charge is 0.435 e. The van der Waals surface area contributed by atoms with Gasteiger partial charge in [0, 0.05) is 10.6 Å². The maximum atomic E-state index is 13.6. The SMILES string of the molecule is C=O.FC(F)(F)c1cc(Cl)cc(C(F)(C(F)(F)F)C(F)(F)F)c1. The molecule has 0 atom stereocenters. The van der Waals surface area contributed by atoms with E-state index in [0.29, 0.717) is 0 Å². The van der Waals surface area contributed by atoms with Crippen molar-refractivity contribution in [3.05, 3.63) is 34.3 Å². The molecule has 0 amide bonds. The van der Waals surface area contributed by atoms with Gasteiger partial charge in [-0.25, -0.2) is 4.39 Å². The Bertz CT molecular complexity index is 531. The van der Waals surface area contributed by atoms with Crippen LogP contribution >= 0.6 is 11.6 Å². The Morgan fingerprint density at radius 1 is 0.696 bits per heavy atom. The summed E-state index contributed by atoms with van der Waals surface area (Å²) in [6, 6.07) is -0.650. The second-order valence-electron chi connectivity index (χ2n) is 3.88. The molecule has 1 rings (SSSR count). The molecule has 1 aromatic rings. The molecule has 0 N–H and O–H groups in total. The van der Waals surface area contributed by atoms with E-state index in [-0.39, 0.29) is 12.1 Å². The van der Waals surface area contributed by atoms with Gasteiger partial charge in [-0.2, -0.15) is 39.5 Å².